The lowest BCUT2D eigenvalue weighted by Crippen LogP contribution is -2.39. The smallest absolute Gasteiger partial charge is 0.253 e. The minimum absolute atomic E-state index is 0.0880. The number of aromatic amines is 1. The zero-order valence-corrected chi connectivity index (χ0v) is 16.1. The summed E-state index contributed by atoms with van der Waals surface area (Å²) in [4.78, 5) is 17.6. The molecule has 0 amide bonds. The number of pyridine rings is 1. The van der Waals surface area contributed by atoms with Crippen LogP contribution < -0.4 is 10.9 Å². The van der Waals surface area contributed by atoms with Crippen molar-refractivity contribution in [3.05, 3.63) is 69.4 Å². The molecule has 0 saturated heterocycles. The van der Waals surface area contributed by atoms with Crippen molar-refractivity contribution in [2.24, 2.45) is 0 Å². The number of aryl methyl sites for hydroxylation is 2. The molecular formula is C20H23N3O2S. The fraction of sp³-hybridized carbons (Fsp3) is 0.300. The second-order valence-electron chi connectivity index (χ2n) is 6.38. The standard InChI is InChI=1S/C20H23N3O2S/c1-4-21-20(26)23(12-16-6-5-9-25-16)11-15-10-17-13(2)7-8-14(3)18(17)22-19(15)24/h5-10H,4,11-12H2,1-3H3,(H,21,26)(H,22,24). The molecule has 0 unspecified atom stereocenters. The lowest BCUT2D eigenvalue weighted by atomic mass is 10.0. The third kappa shape index (κ3) is 3.80. The van der Waals surface area contributed by atoms with E-state index in [0.717, 1.165) is 34.3 Å². The summed E-state index contributed by atoms with van der Waals surface area (Å²) in [5.74, 6) is 0.800. The van der Waals surface area contributed by atoms with E-state index in [9.17, 15) is 4.79 Å². The van der Waals surface area contributed by atoms with E-state index < -0.39 is 0 Å². The molecule has 2 N–H and O–H groups in total. The zero-order valence-electron chi connectivity index (χ0n) is 15.3. The van der Waals surface area contributed by atoms with Gasteiger partial charge in [-0.3, -0.25) is 4.79 Å². The molecule has 26 heavy (non-hydrogen) atoms. The van der Waals surface area contributed by atoms with Gasteiger partial charge in [-0.25, -0.2) is 0 Å². The van der Waals surface area contributed by atoms with Gasteiger partial charge in [-0.2, -0.15) is 0 Å². The highest BCUT2D eigenvalue weighted by Crippen LogP contribution is 2.20. The van der Waals surface area contributed by atoms with Crippen molar-refractivity contribution in [2.45, 2.75) is 33.9 Å². The molecule has 6 heteroatoms. The number of hydrogen-bond acceptors (Lipinski definition) is 3. The molecule has 0 spiro atoms. The second-order valence-corrected chi connectivity index (χ2v) is 6.77. The van der Waals surface area contributed by atoms with Crippen molar-refractivity contribution in [1.29, 1.82) is 0 Å². The van der Waals surface area contributed by atoms with E-state index in [0.29, 0.717) is 23.8 Å². The van der Waals surface area contributed by atoms with Gasteiger partial charge in [-0.05, 0) is 62.3 Å². The van der Waals surface area contributed by atoms with Crippen molar-refractivity contribution < 1.29 is 4.42 Å². The molecule has 2 heterocycles. The summed E-state index contributed by atoms with van der Waals surface area (Å²) in [5.41, 5.74) is 3.68. The van der Waals surface area contributed by atoms with Crippen LogP contribution in [0.4, 0.5) is 0 Å². The van der Waals surface area contributed by atoms with Gasteiger partial charge >= 0.3 is 0 Å². The van der Waals surface area contributed by atoms with Crippen molar-refractivity contribution in [2.75, 3.05) is 6.54 Å². The van der Waals surface area contributed by atoms with Gasteiger partial charge in [0.25, 0.3) is 5.56 Å². The number of furan rings is 1. The lowest BCUT2D eigenvalue weighted by Gasteiger charge is -2.24. The third-order valence-corrected chi connectivity index (χ3v) is 4.83. The van der Waals surface area contributed by atoms with Crippen molar-refractivity contribution in [1.82, 2.24) is 15.2 Å². The van der Waals surface area contributed by atoms with Crippen molar-refractivity contribution in [3.63, 3.8) is 0 Å². The van der Waals surface area contributed by atoms with Gasteiger partial charge in [0, 0.05) is 17.5 Å². The van der Waals surface area contributed by atoms with Crippen LogP contribution in [0.2, 0.25) is 0 Å². The number of fused-ring (bicyclic) bond motifs is 1. The molecule has 0 saturated carbocycles. The highest BCUT2D eigenvalue weighted by atomic mass is 32.1. The van der Waals surface area contributed by atoms with Gasteiger partial charge < -0.3 is 19.6 Å². The molecule has 0 aliphatic heterocycles. The van der Waals surface area contributed by atoms with Crippen LogP contribution in [-0.4, -0.2) is 21.5 Å². The summed E-state index contributed by atoms with van der Waals surface area (Å²) in [6.45, 7) is 7.68. The molecule has 136 valence electrons. The maximum absolute atomic E-state index is 12.6. The Hall–Kier alpha value is -2.60. The summed E-state index contributed by atoms with van der Waals surface area (Å²) in [5, 5.41) is 4.82. The van der Waals surface area contributed by atoms with Gasteiger partial charge in [0.05, 0.1) is 24.9 Å². The van der Waals surface area contributed by atoms with E-state index in [2.05, 4.69) is 16.4 Å². The van der Waals surface area contributed by atoms with Gasteiger partial charge in [0.15, 0.2) is 5.11 Å². The average Bonchev–Trinajstić information content (AvgIpc) is 3.12. The minimum atomic E-state index is -0.0880. The number of H-pyrrole nitrogens is 1. The zero-order chi connectivity index (χ0) is 18.7. The summed E-state index contributed by atoms with van der Waals surface area (Å²) in [7, 11) is 0. The predicted octanol–water partition coefficient (Wildman–Crippen LogP) is 3.63. The Morgan fingerprint density at radius 1 is 1.23 bits per heavy atom. The summed E-state index contributed by atoms with van der Waals surface area (Å²) in [6.07, 6.45) is 1.64. The fourth-order valence-electron chi connectivity index (χ4n) is 2.99. The van der Waals surface area contributed by atoms with Crippen LogP contribution >= 0.6 is 12.2 Å². The Bertz CT molecular complexity index is 977. The van der Waals surface area contributed by atoms with E-state index >= 15 is 0 Å². The first-order chi connectivity index (χ1) is 12.5. The minimum Gasteiger partial charge on any atom is -0.467 e. The summed E-state index contributed by atoms with van der Waals surface area (Å²) in [6, 6.07) is 9.82. The van der Waals surface area contributed by atoms with Crippen molar-refractivity contribution in [3.8, 4) is 0 Å². The Labute approximate surface area is 158 Å². The maximum atomic E-state index is 12.6. The Kier molecular flexibility index (Phi) is 5.42. The summed E-state index contributed by atoms with van der Waals surface area (Å²) < 4.78 is 5.45. The molecule has 1 aromatic carbocycles. The van der Waals surface area contributed by atoms with Crippen LogP contribution in [0.25, 0.3) is 10.9 Å². The van der Waals surface area contributed by atoms with E-state index in [4.69, 9.17) is 16.6 Å². The Balaban J connectivity index is 1.97. The van der Waals surface area contributed by atoms with Crippen LogP contribution in [0.1, 0.15) is 29.4 Å². The van der Waals surface area contributed by atoms with E-state index in [1.165, 1.54) is 0 Å². The van der Waals surface area contributed by atoms with Crippen LogP contribution in [0.15, 0.2) is 45.8 Å². The average molecular weight is 369 g/mol. The molecule has 0 radical (unpaired) electrons. The lowest BCUT2D eigenvalue weighted by molar-refractivity contribution is 0.351. The van der Waals surface area contributed by atoms with Crippen LogP contribution in [0.3, 0.4) is 0 Å². The SMILES string of the molecule is CCNC(=S)N(Cc1ccco1)Cc1cc2c(C)ccc(C)c2[nH]c1=O. The predicted molar refractivity (Wildman–Crippen MR) is 108 cm³/mol. The first-order valence-electron chi connectivity index (χ1n) is 8.67. The largest absolute Gasteiger partial charge is 0.467 e. The Morgan fingerprint density at radius 3 is 2.69 bits per heavy atom. The van der Waals surface area contributed by atoms with E-state index in [1.54, 1.807) is 6.26 Å². The number of benzene rings is 1. The molecule has 3 aromatic rings. The fourth-order valence-corrected chi connectivity index (χ4v) is 3.27. The second kappa shape index (κ2) is 7.74. The monoisotopic (exact) mass is 369 g/mol. The number of nitrogens with zero attached hydrogens (tertiary/aromatic N) is 1. The van der Waals surface area contributed by atoms with Gasteiger partial charge in [-0.1, -0.05) is 12.1 Å². The van der Waals surface area contributed by atoms with Gasteiger partial charge in [-0.15, -0.1) is 0 Å². The van der Waals surface area contributed by atoms with E-state index in [1.807, 2.05) is 49.9 Å². The molecule has 3 rings (SSSR count). The maximum Gasteiger partial charge on any atom is 0.253 e. The van der Waals surface area contributed by atoms with Crippen molar-refractivity contribution >= 4 is 28.2 Å². The molecule has 2 aromatic heterocycles. The molecule has 0 aliphatic rings. The first-order valence-corrected chi connectivity index (χ1v) is 9.07. The Morgan fingerprint density at radius 2 is 2.00 bits per heavy atom. The van der Waals surface area contributed by atoms with Crippen LogP contribution in [0, 0.1) is 13.8 Å². The summed E-state index contributed by atoms with van der Waals surface area (Å²) >= 11 is 5.49. The van der Waals surface area contributed by atoms with Gasteiger partial charge in [0.2, 0.25) is 0 Å². The molecular weight excluding hydrogens is 346 g/mol. The topological polar surface area (TPSA) is 61.3 Å². The van der Waals surface area contributed by atoms with Crippen LogP contribution in [0.5, 0.6) is 0 Å². The number of thiocarbonyl (C=S) groups is 1. The number of rotatable bonds is 5. The number of aromatic nitrogens is 1. The molecule has 0 atom stereocenters. The molecule has 0 fully saturated rings. The van der Waals surface area contributed by atoms with E-state index in [-0.39, 0.29) is 5.56 Å². The highest BCUT2D eigenvalue weighted by Gasteiger charge is 2.15. The normalized spacial score (nSPS) is 10.9. The quantitative estimate of drug-likeness (QED) is 0.673. The first kappa shape index (κ1) is 18.2. The van der Waals surface area contributed by atoms with Crippen LogP contribution in [-0.2, 0) is 13.1 Å². The molecule has 0 bridgehead atoms. The number of nitrogens with one attached hydrogen (secondary N) is 2. The molecule has 5 nitrogen and oxygen atoms in total. The van der Waals surface area contributed by atoms with Gasteiger partial charge in [0.1, 0.15) is 5.76 Å². The molecule has 0 aliphatic carbocycles. The third-order valence-electron chi connectivity index (χ3n) is 4.42. The highest BCUT2D eigenvalue weighted by molar-refractivity contribution is 7.80. The number of hydrogen-bond donors (Lipinski definition) is 2.